The van der Waals surface area contributed by atoms with Crippen molar-refractivity contribution in [1.82, 2.24) is 19.4 Å². The summed E-state index contributed by atoms with van der Waals surface area (Å²) >= 11 is 0. The van der Waals surface area contributed by atoms with Crippen LogP contribution in [0.3, 0.4) is 0 Å². The summed E-state index contributed by atoms with van der Waals surface area (Å²) in [6, 6.07) is 13.5. The molecule has 0 aliphatic heterocycles. The molecular weight excluding hydrogens is 528 g/mol. The molecule has 0 radical (unpaired) electrons. The van der Waals surface area contributed by atoms with Crippen LogP contribution < -0.4 is 4.90 Å². The number of hydrogen-bond acceptors (Lipinski definition) is 7. The molecule has 42 heavy (non-hydrogen) atoms. The average molecular weight is 565 g/mol. The van der Waals surface area contributed by atoms with Crippen molar-refractivity contribution in [3.05, 3.63) is 78.9 Å². The number of benzene rings is 1. The molecule has 1 aromatic carbocycles. The number of anilines is 1. The number of nitrogens with zero attached hydrogens (tertiary/aromatic N) is 6. The van der Waals surface area contributed by atoms with Crippen LogP contribution in [-0.4, -0.2) is 59.0 Å². The van der Waals surface area contributed by atoms with E-state index >= 15 is 0 Å². The van der Waals surface area contributed by atoms with Crippen molar-refractivity contribution in [3.63, 3.8) is 0 Å². The normalized spacial score (nSPS) is 12.5. The van der Waals surface area contributed by atoms with Crippen molar-refractivity contribution in [2.24, 2.45) is 5.41 Å². The molecule has 0 N–H and O–H groups in total. The Labute approximate surface area is 246 Å². The Morgan fingerprint density at radius 1 is 1.07 bits per heavy atom. The molecule has 0 aliphatic carbocycles. The predicted octanol–water partition coefficient (Wildman–Crippen LogP) is 5.83. The largest absolute Gasteiger partial charge is 0.441 e. The van der Waals surface area contributed by atoms with Gasteiger partial charge in [0.1, 0.15) is 5.65 Å². The minimum absolute atomic E-state index is 0.153. The lowest BCUT2D eigenvalue weighted by atomic mass is 9.97. The second kappa shape index (κ2) is 12.4. The first-order valence-corrected chi connectivity index (χ1v) is 13.7. The van der Waals surface area contributed by atoms with Crippen LogP contribution in [0, 0.1) is 16.7 Å². The van der Waals surface area contributed by atoms with Crippen molar-refractivity contribution in [2.45, 2.75) is 33.9 Å². The van der Waals surface area contributed by atoms with Gasteiger partial charge in [-0.2, -0.15) is 5.26 Å². The van der Waals surface area contributed by atoms with Crippen LogP contribution in [0.1, 0.15) is 39.5 Å². The number of nitriles is 1. The molecular formula is C33H36N6O3. The summed E-state index contributed by atoms with van der Waals surface area (Å²) in [7, 11) is 5.59. The van der Waals surface area contributed by atoms with E-state index in [0.717, 1.165) is 27.6 Å². The number of rotatable bonds is 8. The second-order valence-corrected chi connectivity index (χ2v) is 11.5. The van der Waals surface area contributed by atoms with E-state index in [-0.39, 0.29) is 11.9 Å². The molecule has 0 saturated heterocycles. The highest BCUT2D eigenvalue weighted by Crippen LogP contribution is 2.35. The summed E-state index contributed by atoms with van der Waals surface area (Å²) in [5, 5.41) is 10.3. The van der Waals surface area contributed by atoms with Crippen LogP contribution in [0.4, 0.5) is 5.69 Å². The van der Waals surface area contributed by atoms with Gasteiger partial charge in [0.25, 0.3) is 0 Å². The number of pyridine rings is 2. The highest BCUT2D eigenvalue weighted by molar-refractivity contribution is 6.01. The van der Waals surface area contributed by atoms with Crippen LogP contribution in [-0.2, 0) is 14.3 Å². The van der Waals surface area contributed by atoms with Gasteiger partial charge < -0.3 is 14.5 Å². The Morgan fingerprint density at radius 3 is 2.50 bits per heavy atom. The first-order valence-electron chi connectivity index (χ1n) is 13.7. The number of carbonyl (C=O) groups excluding carboxylic acids is 2. The van der Waals surface area contributed by atoms with Gasteiger partial charge in [-0.3, -0.25) is 19.1 Å². The average Bonchev–Trinajstić information content (AvgIpc) is 3.35. The Balaban J connectivity index is 1.78. The minimum Gasteiger partial charge on any atom is -0.441 e. The molecule has 1 amide bonds. The summed E-state index contributed by atoms with van der Waals surface area (Å²) in [5.41, 5.74) is 4.43. The molecule has 9 heteroatoms. The number of ether oxygens (including phenoxy) is 1. The van der Waals surface area contributed by atoms with Crippen LogP contribution in [0.15, 0.2) is 73.3 Å². The maximum Gasteiger partial charge on any atom is 0.313 e. The van der Waals surface area contributed by atoms with Crippen molar-refractivity contribution < 1.29 is 14.3 Å². The SMILES string of the molecule is CC(OC(=O)C(C)(C)C)n1cc(-c2cccc(C#N)c2)c2cc(-c3cncc(N(C)C(=O)/C=C/CN(C)C)c3)cnc21. The Morgan fingerprint density at radius 2 is 1.81 bits per heavy atom. The van der Waals surface area contributed by atoms with E-state index in [2.05, 4.69) is 11.1 Å². The fourth-order valence-electron chi connectivity index (χ4n) is 4.31. The molecule has 4 rings (SSSR count). The summed E-state index contributed by atoms with van der Waals surface area (Å²) in [5.74, 6) is -0.473. The van der Waals surface area contributed by atoms with E-state index < -0.39 is 11.6 Å². The van der Waals surface area contributed by atoms with Gasteiger partial charge >= 0.3 is 5.97 Å². The van der Waals surface area contributed by atoms with E-state index in [1.807, 2.05) is 86.9 Å². The molecule has 216 valence electrons. The first-order chi connectivity index (χ1) is 19.9. The van der Waals surface area contributed by atoms with Gasteiger partial charge in [-0.15, -0.1) is 0 Å². The molecule has 0 fully saturated rings. The molecule has 0 spiro atoms. The smallest absolute Gasteiger partial charge is 0.313 e. The number of fused-ring (bicyclic) bond motifs is 1. The third-order valence-corrected chi connectivity index (χ3v) is 6.76. The van der Waals surface area contributed by atoms with Crippen molar-refractivity contribution in [3.8, 4) is 28.3 Å². The molecule has 1 unspecified atom stereocenters. The molecule has 0 bridgehead atoms. The number of aromatic nitrogens is 3. The maximum atomic E-state index is 12.7. The Kier molecular flexibility index (Phi) is 8.88. The predicted molar refractivity (Wildman–Crippen MR) is 164 cm³/mol. The van der Waals surface area contributed by atoms with Gasteiger partial charge in [-0.25, -0.2) is 4.98 Å². The van der Waals surface area contributed by atoms with Crippen LogP contribution in [0.2, 0.25) is 0 Å². The van der Waals surface area contributed by atoms with Gasteiger partial charge in [0.05, 0.1) is 28.9 Å². The van der Waals surface area contributed by atoms with Gasteiger partial charge in [0, 0.05) is 60.3 Å². The summed E-state index contributed by atoms with van der Waals surface area (Å²) in [6.07, 6.45) is 9.78. The van der Waals surface area contributed by atoms with Crippen LogP contribution in [0.5, 0.6) is 0 Å². The maximum absolute atomic E-state index is 12.7. The van der Waals surface area contributed by atoms with E-state index in [9.17, 15) is 14.9 Å². The zero-order chi connectivity index (χ0) is 30.6. The number of esters is 1. The van der Waals surface area contributed by atoms with Crippen LogP contribution >= 0.6 is 0 Å². The topological polar surface area (TPSA) is 104 Å². The van der Waals surface area contributed by atoms with Crippen molar-refractivity contribution in [2.75, 3.05) is 32.6 Å². The van der Waals surface area contributed by atoms with E-state index in [4.69, 9.17) is 9.72 Å². The zero-order valence-electron chi connectivity index (χ0n) is 25.1. The van der Waals surface area contributed by atoms with Gasteiger partial charge in [0.15, 0.2) is 6.23 Å². The third kappa shape index (κ3) is 6.73. The second-order valence-electron chi connectivity index (χ2n) is 11.5. The summed E-state index contributed by atoms with van der Waals surface area (Å²) < 4.78 is 7.63. The molecule has 1 atom stereocenters. The standard InChI is InChI=1S/C33H36N6O3/c1-22(42-32(41)33(2,3)4)39-21-29(24-11-8-10-23(14-24)17-34)28-16-26(19-36-31(28)39)25-15-27(20-35-18-25)38(7)30(40)12-9-13-37(5)6/h8-12,14-16,18-22H,13H2,1-7H3/b12-9+. The molecule has 4 aromatic rings. The lowest BCUT2D eigenvalue weighted by molar-refractivity contribution is -0.162. The number of amides is 1. The molecule has 3 heterocycles. The van der Waals surface area contributed by atoms with E-state index in [0.29, 0.717) is 23.4 Å². The molecule has 9 nitrogen and oxygen atoms in total. The van der Waals surface area contributed by atoms with Crippen molar-refractivity contribution >= 4 is 28.6 Å². The van der Waals surface area contributed by atoms with Gasteiger partial charge in [0.2, 0.25) is 5.91 Å². The fourth-order valence-corrected chi connectivity index (χ4v) is 4.31. The number of hydrogen-bond donors (Lipinski definition) is 0. The van der Waals surface area contributed by atoms with Crippen LogP contribution in [0.25, 0.3) is 33.3 Å². The molecule has 0 aliphatic rings. The highest BCUT2D eigenvalue weighted by atomic mass is 16.6. The fraction of sp³-hybridized carbons (Fsp3) is 0.303. The van der Waals surface area contributed by atoms with Crippen molar-refractivity contribution in [1.29, 1.82) is 5.26 Å². The molecule has 0 saturated carbocycles. The highest BCUT2D eigenvalue weighted by Gasteiger charge is 2.27. The lowest BCUT2D eigenvalue weighted by Gasteiger charge is -2.22. The summed E-state index contributed by atoms with van der Waals surface area (Å²) in [6.45, 7) is 7.91. The van der Waals surface area contributed by atoms with Gasteiger partial charge in [-0.1, -0.05) is 18.2 Å². The Hall–Kier alpha value is -4.81. The lowest BCUT2D eigenvalue weighted by Crippen LogP contribution is -2.26. The summed E-state index contributed by atoms with van der Waals surface area (Å²) in [4.78, 5) is 38.1. The van der Waals surface area contributed by atoms with Gasteiger partial charge in [-0.05, 0) is 71.6 Å². The molecule has 3 aromatic heterocycles. The number of carbonyl (C=O) groups is 2. The van der Waals surface area contributed by atoms with E-state index in [1.54, 1.807) is 49.6 Å². The minimum atomic E-state index is -0.656. The Bertz CT molecular complexity index is 1690. The zero-order valence-corrected chi connectivity index (χ0v) is 25.1. The number of likely N-dealkylation sites (N-methyl/N-ethyl adjacent to an activating group) is 2. The van der Waals surface area contributed by atoms with E-state index in [1.165, 1.54) is 0 Å². The third-order valence-electron chi connectivity index (χ3n) is 6.76. The monoisotopic (exact) mass is 564 g/mol. The quantitative estimate of drug-likeness (QED) is 0.196. The first kappa shape index (κ1) is 30.2.